The lowest BCUT2D eigenvalue weighted by molar-refractivity contribution is -0.122. The molecule has 2 fully saturated rings. The summed E-state index contributed by atoms with van der Waals surface area (Å²) in [5.41, 5.74) is 8.56. The molecule has 2 aliphatic carbocycles. The Morgan fingerprint density at radius 1 is 1.06 bits per heavy atom. The van der Waals surface area contributed by atoms with Crippen molar-refractivity contribution in [1.29, 1.82) is 0 Å². The van der Waals surface area contributed by atoms with Crippen molar-refractivity contribution in [1.82, 2.24) is 4.90 Å². The molecule has 0 spiro atoms. The Hall–Kier alpha value is -2.57. The van der Waals surface area contributed by atoms with E-state index in [2.05, 4.69) is 5.32 Å². The predicted octanol–water partition coefficient (Wildman–Crippen LogP) is 5.00. The first-order chi connectivity index (χ1) is 16.0. The predicted molar refractivity (Wildman–Crippen MR) is 131 cm³/mol. The van der Waals surface area contributed by atoms with E-state index >= 15 is 0 Å². The molecule has 2 unspecified atom stereocenters. The van der Waals surface area contributed by atoms with E-state index in [1.165, 1.54) is 0 Å². The topological polar surface area (TPSA) is 84.7 Å². The molecule has 0 saturated heterocycles. The van der Waals surface area contributed by atoms with Crippen molar-refractivity contribution in [2.45, 2.75) is 63.6 Å². The zero-order chi connectivity index (χ0) is 23.4. The Morgan fingerprint density at radius 2 is 1.79 bits per heavy atom. The molecule has 4 rings (SSSR count). The number of hydrogen-bond donors (Lipinski definition) is 2. The van der Waals surface area contributed by atoms with Gasteiger partial charge in [0.1, 0.15) is 5.75 Å². The molecule has 0 radical (unpaired) electrons. The van der Waals surface area contributed by atoms with Crippen LogP contribution in [0.5, 0.6) is 5.75 Å². The number of anilines is 1. The Bertz CT molecular complexity index is 991. The summed E-state index contributed by atoms with van der Waals surface area (Å²) in [4.78, 5) is 27.9. The normalized spacial score (nSPS) is 20.6. The maximum absolute atomic E-state index is 13.6. The summed E-state index contributed by atoms with van der Waals surface area (Å²) < 4.78 is 5.23. The molecule has 2 aromatic rings. The van der Waals surface area contributed by atoms with Crippen LogP contribution in [0, 0.1) is 5.92 Å². The van der Waals surface area contributed by atoms with Gasteiger partial charge in [-0.3, -0.25) is 9.59 Å². The fraction of sp³-hybridized carbons (Fsp3) is 0.462. The van der Waals surface area contributed by atoms with Gasteiger partial charge in [0.2, 0.25) is 5.91 Å². The lowest BCUT2D eigenvalue weighted by Crippen LogP contribution is -2.51. The Morgan fingerprint density at radius 3 is 2.42 bits per heavy atom. The number of carbonyl (C=O) groups is 2. The molecule has 2 aliphatic rings. The van der Waals surface area contributed by atoms with Crippen molar-refractivity contribution in [3.63, 3.8) is 0 Å². The Kier molecular flexibility index (Phi) is 7.56. The third-order valence-electron chi connectivity index (χ3n) is 6.91. The fourth-order valence-corrected chi connectivity index (χ4v) is 4.82. The van der Waals surface area contributed by atoms with Crippen molar-refractivity contribution >= 4 is 29.1 Å². The van der Waals surface area contributed by atoms with Gasteiger partial charge in [0.05, 0.1) is 7.11 Å². The van der Waals surface area contributed by atoms with Crippen molar-refractivity contribution < 1.29 is 14.3 Å². The summed E-state index contributed by atoms with van der Waals surface area (Å²) in [5, 5.41) is 3.57. The molecule has 7 heteroatoms. The van der Waals surface area contributed by atoms with Gasteiger partial charge < -0.3 is 20.7 Å². The van der Waals surface area contributed by atoms with E-state index in [4.69, 9.17) is 22.1 Å². The Labute approximate surface area is 200 Å². The molecule has 33 heavy (non-hydrogen) atoms. The van der Waals surface area contributed by atoms with Crippen LogP contribution in [0.25, 0.3) is 0 Å². The van der Waals surface area contributed by atoms with E-state index in [-0.39, 0.29) is 29.8 Å². The quantitative estimate of drug-likeness (QED) is 0.597. The molecule has 0 bridgehead atoms. The van der Waals surface area contributed by atoms with Crippen LogP contribution in [0.1, 0.15) is 60.9 Å². The van der Waals surface area contributed by atoms with Gasteiger partial charge in [-0.25, -0.2) is 0 Å². The van der Waals surface area contributed by atoms with E-state index < -0.39 is 0 Å². The first-order valence-electron chi connectivity index (χ1n) is 11.8. The second-order valence-electron chi connectivity index (χ2n) is 9.10. The molecule has 0 aliphatic heterocycles. The van der Waals surface area contributed by atoms with Gasteiger partial charge in [0.15, 0.2) is 0 Å². The first kappa shape index (κ1) is 23.6. The molecule has 0 heterocycles. The standard InChI is InChI=1S/C26H32ClN3O3/c1-33-21-12-9-18(10-13-21)26(32)30(24-8-3-2-7-23(24)28)16-19-15-20(11-14-22(19)27)29-25(31)17-5-4-6-17/h9-15,17,23-24H,2-8,16,28H2,1H3,(H,29,31). The number of benzene rings is 2. The summed E-state index contributed by atoms with van der Waals surface area (Å²) >= 11 is 6.54. The fourth-order valence-electron chi connectivity index (χ4n) is 4.64. The number of ether oxygens (including phenoxy) is 1. The molecular formula is C26H32ClN3O3. The van der Waals surface area contributed by atoms with Crippen molar-refractivity contribution in [3.05, 3.63) is 58.6 Å². The third-order valence-corrected chi connectivity index (χ3v) is 7.28. The average molecular weight is 470 g/mol. The van der Waals surface area contributed by atoms with Crippen LogP contribution in [0.15, 0.2) is 42.5 Å². The molecule has 2 atom stereocenters. The summed E-state index contributed by atoms with van der Waals surface area (Å²) in [6.45, 7) is 0.329. The molecule has 6 nitrogen and oxygen atoms in total. The lowest BCUT2D eigenvalue weighted by Gasteiger charge is -2.38. The summed E-state index contributed by atoms with van der Waals surface area (Å²) in [6, 6.07) is 12.4. The highest BCUT2D eigenvalue weighted by Gasteiger charge is 2.32. The minimum atomic E-state index is -0.0834. The Balaban J connectivity index is 1.59. The highest BCUT2D eigenvalue weighted by Crippen LogP contribution is 2.31. The number of methoxy groups -OCH3 is 1. The van der Waals surface area contributed by atoms with Crippen LogP contribution < -0.4 is 15.8 Å². The number of amides is 2. The number of carbonyl (C=O) groups excluding carboxylic acids is 2. The van der Waals surface area contributed by atoms with Crippen LogP contribution in [0.4, 0.5) is 5.69 Å². The monoisotopic (exact) mass is 469 g/mol. The smallest absolute Gasteiger partial charge is 0.254 e. The second-order valence-corrected chi connectivity index (χ2v) is 9.51. The van der Waals surface area contributed by atoms with Gasteiger partial charge in [-0.1, -0.05) is 30.9 Å². The first-order valence-corrected chi connectivity index (χ1v) is 12.1. The van der Waals surface area contributed by atoms with E-state index in [1.807, 2.05) is 17.0 Å². The van der Waals surface area contributed by atoms with Gasteiger partial charge in [0.25, 0.3) is 5.91 Å². The van der Waals surface area contributed by atoms with E-state index in [0.717, 1.165) is 50.5 Å². The van der Waals surface area contributed by atoms with Crippen LogP contribution in [-0.4, -0.2) is 35.9 Å². The molecule has 176 valence electrons. The van der Waals surface area contributed by atoms with Crippen molar-refractivity contribution in [3.8, 4) is 5.75 Å². The molecular weight excluding hydrogens is 438 g/mol. The minimum Gasteiger partial charge on any atom is -0.497 e. The molecule has 2 amide bonds. The lowest BCUT2D eigenvalue weighted by atomic mass is 9.85. The van der Waals surface area contributed by atoms with Gasteiger partial charge in [0, 0.05) is 40.8 Å². The number of nitrogens with zero attached hydrogens (tertiary/aromatic N) is 1. The number of hydrogen-bond acceptors (Lipinski definition) is 4. The summed E-state index contributed by atoms with van der Waals surface area (Å²) in [6.07, 6.45) is 6.85. The highest BCUT2D eigenvalue weighted by atomic mass is 35.5. The average Bonchev–Trinajstić information content (AvgIpc) is 2.78. The zero-order valence-electron chi connectivity index (χ0n) is 19.1. The summed E-state index contributed by atoms with van der Waals surface area (Å²) in [5.74, 6) is 0.762. The molecule has 2 saturated carbocycles. The van der Waals surface area contributed by atoms with E-state index in [0.29, 0.717) is 28.6 Å². The van der Waals surface area contributed by atoms with Gasteiger partial charge >= 0.3 is 0 Å². The second kappa shape index (κ2) is 10.6. The van der Waals surface area contributed by atoms with Crippen molar-refractivity contribution in [2.75, 3.05) is 12.4 Å². The van der Waals surface area contributed by atoms with E-state index in [1.54, 1.807) is 37.4 Å². The van der Waals surface area contributed by atoms with Crippen LogP contribution in [0.2, 0.25) is 5.02 Å². The molecule has 3 N–H and O–H groups in total. The van der Waals surface area contributed by atoms with Gasteiger partial charge in [-0.2, -0.15) is 0 Å². The van der Waals surface area contributed by atoms with Crippen LogP contribution in [0.3, 0.4) is 0 Å². The van der Waals surface area contributed by atoms with Crippen LogP contribution >= 0.6 is 11.6 Å². The zero-order valence-corrected chi connectivity index (χ0v) is 19.8. The summed E-state index contributed by atoms with van der Waals surface area (Å²) in [7, 11) is 1.60. The van der Waals surface area contributed by atoms with Gasteiger partial charge in [-0.05, 0) is 73.7 Å². The number of nitrogens with one attached hydrogen (secondary N) is 1. The molecule has 0 aromatic heterocycles. The molecule has 2 aromatic carbocycles. The van der Waals surface area contributed by atoms with E-state index in [9.17, 15) is 9.59 Å². The largest absolute Gasteiger partial charge is 0.497 e. The number of halogens is 1. The highest BCUT2D eigenvalue weighted by molar-refractivity contribution is 6.31. The SMILES string of the molecule is COc1ccc(C(=O)N(Cc2cc(NC(=O)C3CCC3)ccc2Cl)C2CCCCC2N)cc1. The van der Waals surface area contributed by atoms with Gasteiger partial charge in [-0.15, -0.1) is 0 Å². The maximum atomic E-state index is 13.6. The van der Waals surface area contributed by atoms with Crippen LogP contribution in [-0.2, 0) is 11.3 Å². The number of nitrogens with two attached hydrogens (primary N) is 1. The maximum Gasteiger partial charge on any atom is 0.254 e. The minimum absolute atomic E-state index is 0.0509. The third kappa shape index (κ3) is 5.50. The number of rotatable bonds is 7. The van der Waals surface area contributed by atoms with Crippen molar-refractivity contribution in [2.24, 2.45) is 11.7 Å².